The number of carbonyl (C=O) groups is 1. The molecule has 0 radical (unpaired) electrons. The zero-order valence-corrected chi connectivity index (χ0v) is 15.5. The molecule has 28 heavy (non-hydrogen) atoms. The van der Waals surface area contributed by atoms with Gasteiger partial charge < -0.3 is 10.6 Å². The van der Waals surface area contributed by atoms with Crippen LogP contribution in [0.3, 0.4) is 0 Å². The molecule has 4 nitrogen and oxygen atoms in total. The Kier molecular flexibility index (Phi) is 4.94. The number of halogens is 2. The van der Waals surface area contributed by atoms with E-state index in [1.807, 2.05) is 13.0 Å². The number of amides is 2. The quantitative estimate of drug-likeness (QED) is 0.649. The van der Waals surface area contributed by atoms with Crippen LogP contribution in [-0.2, 0) is 0 Å². The number of anilines is 1. The molecule has 1 fully saturated rings. The third-order valence-electron chi connectivity index (χ3n) is 5.34. The molecule has 0 unspecified atom stereocenters. The molecule has 2 atom stereocenters. The van der Waals surface area contributed by atoms with Gasteiger partial charge in [0.25, 0.3) is 0 Å². The largest absolute Gasteiger partial charge is 0.335 e. The topological polar surface area (TPSA) is 54.0 Å². The fourth-order valence-electron chi connectivity index (χ4n) is 3.96. The smallest absolute Gasteiger partial charge is 0.319 e. The molecule has 2 amide bonds. The minimum Gasteiger partial charge on any atom is -0.335 e. The summed E-state index contributed by atoms with van der Waals surface area (Å²) < 4.78 is 28.3. The first-order valence-corrected chi connectivity index (χ1v) is 9.38. The molecule has 2 N–H and O–H groups in total. The van der Waals surface area contributed by atoms with E-state index in [2.05, 4.69) is 15.6 Å². The average Bonchev–Trinajstić information content (AvgIpc) is 3.12. The summed E-state index contributed by atoms with van der Waals surface area (Å²) in [5, 5.41) is 6.91. The number of nitrogens with one attached hydrogen (secondary N) is 2. The molecule has 1 aliphatic rings. The van der Waals surface area contributed by atoms with Crippen LogP contribution >= 0.6 is 0 Å². The van der Waals surface area contributed by atoms with Crippen LogP contribution in [0.25, 0.3) is 10.8 Å². The first-order chi connectivity index (χ1) is 13.5. The van der Waals surface area contributed by atoms with E-state index in [1.54, 1.807) is 30.5 Å². The summed E-state index contributed by atoms with van der Waals surface area (Å²) in [6, 6.07) is 10.9. The van der Waals surface area contributed by atoms with Gasteiger partial charge in [0.05, 0.1) is 5.69 Å². The Labute approximate surface area is 162 Å². The number of pyridine rings is 1. The molecule has 0 aliphatic heterocycles. The highest BCUT2D eigenvalue weighted by Crippen LogP contribution is 2.35. The molecular formula is C22H21F2N3O. The van der Waals surface area contributed by atoms with E-state index in [9.17, 15) is 13.6 Å². The molecule has 3 aromatic rings. The van der Waals surface area contributed by atoms with Crippen molar-refractivity contribution in [3.8, 4) is 0 Å². The monoisotopic (exact) mass is 381 g/mol. The lowest BCUT2D eigenvalue weighted by atomic mass is 9.97. The maximum absolute atomic E-state index is 14.3. The Morgan fingerprint density at radius 3 is 2.75 bits per heavy atom. The Morgan fingerprint density at radius 1 is 1.11 bits per heavy atom. The van der Waals surface area contributed by atoms with E-state index in [0.717, 1.165) is 23.9 Å². The minimum atomic E-state index is -0.496. The summed E-state index contributed by atoms with van der Waals surface area (Å²) in [6.45, 7) is 1.82. The van der Waals surface area contributed by atoms with E-state index in [4.69, 9.17) is 0 Å². The van der Waals surface area contributed by atoms with Gasteiger partial charge in [0.15, 0.2) is 0 Å². The molecule has 6 heteroatoms. The Hall–Kier alpha value is -3.02. The van der Waals surface area contributed by atoms with E-state index in [0.29, 0.717) is 17.4 Å². The summed E-state index contributed by atoms with van der Waals surface area (Å²) in [6.07, 6.45) is 3.88. The molecule has 4 rings (SSSR count). The second-order valence-corrected chi connectivity index (χ2v) is 7.30. The van der Waals surface area contributed by atoms with Gasteiger partial charge in [0, 0.05) is 28.7 Å². The van der Waals surface area contributed by atoms with Crippen molar-refractivity contribution in [1.29, 1.82) is 0 Å². The fourth-order valence-corrected chi connectivity index (χ4v) is 3.96. The second kappa shape index (κ2) is 7.54. The van der Waals surface area contributed by atoms with Crippen LogP contribution in [0.15, 0.2) is 48.7 Å². The summed E-state index contributed by atoms with van der Waals surface area (Å²) in [7, 11) is 0. The SMILES string of the molecule is Cc1cc2c(NC(=O)N[C@H]3CC[C@@H](c4ccccc4F)C3)c(F)ccc2cn1. The van der Waals surface area contributed by atoms with Crippen LogP contribution in [0.1, 0.15) is 36.4 Å². The highest BCUT2D eigenvalue weighted by molar-refractivity contribution is 6.01. The number of fused-ring (bicyclic) bond motifs is 1. The van der Waals surface area contributed by atoms with E-state index < -0.39 is 11.8 Å². The lowest BCUT2D eigenvalue weighted by molar-refractivity contribution is 0.248. The minimum absolute atomic E-state index is 0.0777. The number of aromatic nitrogens is 1. The number of aryl methyl sites for hydroxylation is 1. The first kappa shape index (κ1) is 18.3. The van der Waals surface area contributed by atoms with Gasteiger partial charge in [-0.05, 0) is 61.9 Å². The van der Waals surface area contributed by atoms with Gasteiger partial charge in [-0.2, -0.15) is 0 Å². The normalized spacial score (nSPS) is 19.0. The molecule has 1 aromatic heterocycles. The number of carbonyl (C=O) groups excluding carboxylic acids is 1. The Balaban J connectivity index is 1.46. The van der Waals surface area contributed by atoms with Crippen LogP contribution < -0.4 is 10.6 Å². The number of hydrogen-bond donors (Lipinski definition) is 2. The third-order valence-corrected chi connectivity index (χ3v) is 5.34. The zero-order chi connectivity index (χ0) is 19.7. The predicted octanol–water partition coefficient (Wildman–Crippen LogP) is 5.28. The van der Waals surface area contributed by atoms with Crippen LogP contribution in [0.5, 0.6) is 0 Å². The van der Waals surface area contributed by atoms with Crippen molar-refractivity contribution >= 4 is 22.5 Å². The summed E-state index contributed by atoms with van der Waals surface area (Å²) in [5.41, 5.74) is 1.57. The van der Waals surface area contributed by atoms with Gasteiger partial charge in [-0.25, -0.2) is 13.6 Å². The molecule has 2 aromatic carbocycles. The van der Waals surface area contributed by atoms with Crippen molar-refractivity contribution in [2.24, 2.45) is 0 Å². The van der Waals surface area contributed by atoms with Gasteiger partial charge in [-0.1, -0.05) is 18.2 Å². The molecular weight excluding hydrogens is 360 g/mol. The fraction of sp³-hybridized carbons (Fsp3) is 0.273. The van der Waals surface area contributed by atoms with Gasteiger partial charge >= 0.3 is 6.03 Å². The van der Waals surface area contributed by atoms with Crippen molar-refractivity contribution in [3.05, 3.63) is 71.6 Å². The summed E-state index contributed by atoms with van der Waals surface area (Å²) in [5.74, 6) is -0.627. The summed E-state index contributed by atoms with van der Waals surface area (Å²) >= 11 is 0. The standard InChI is InChI=1S/C22H21F2N3O/c1-13-10-18-15(12-25-13)7-9-20(24)21(18)27-22(28)26-16-8-6-14(11-16)17-4-2-3-5-19(17)23/h2-5,7,9-10,12,14,16H,6,8,11H2,1H3,(H2,26,27,28)/t14-,16+/m1/s1. The summed E-state index contributed by atoms with van der Waals surface area (Å²) in [4.78, 5) is 16.7. The molecule has 0 saturated heterocycles. The lowest BCUT2D eigenvalue weighted by Gasteiger charge is -2.16. The van der Waals surface area contributed by atoms with Crippen molar-refractivity contribution in [2.45, 2.75) is 38.1 Å². The second-order valence-electron chi connectivity index (χ2n) is 7.30. The predicted molar refractivity (Wildman–Crippen MR) is 105 cm³/mol. The zero-order valence-electron chi connectivity index (χ0n) is 15.5. The van der Waals surface area contributed by atoms with Crippen LogP contribution in [0.4, 0.5) is 19.3 Å². The van der Waals surface area contributed by atoms with Crippen molar-refractivity contribution < 1.29 is 13.6 Å². The lowest BCUT2D eigenvalue weighted by Crippen LogP contribution is -2.36. The highest BCUT2D eigenvalue weighted by Gasteiger charge is 2.28. The molecule has 1 saturated carbocycles. The number of benzene rings is 2. The van der Waals surface area contributed by atoms with Crippen LogP contribution in [0.2, 0.25) is 0 Å². The first-order valence-electron chi connectivity index (χ1n) is 9.38. The highest BCUT2D eigenvalue weighted by atomic mass is 19.1. The number of nitrogens with zero attached hydrogens (tertiary/aromatic N) is 1. The van der Waals surface area contributed by atoms with E-state index in [-0.39, 0.29) is 23.5 Å². The molecule has 0 bridgehead atoms. The van der Waals surface area contributed by atoms with Gasteiger partial charge in [-0.15, -0.1) is 0 Å². The molecule has 144 valence electrons. The average molecular weight is 381 g/mol. The third kappa shape index (κ3) is 3.67. The number of rotatable bonds is 3. The van der Waals surface area contributed by atoms with E-state index >= 15 is 0 Å². The molecule has 1 heterocycles. The number of hydrogen-bond acceptors (Lipinski definition) is 2. The Bertz CT molecular complexity index is 1030. The number of urea groups is 1. The maximum atomic E-state index is 14.3. The van der Waals surface area contributed by atoms with Crippen LogP contribution in [-0.4, -0.2) is 17.1 Å². The molecule has 0 spiro atoms. The molecule has 1 aliphatic carbocycles. The van der Waals surface area contributed by atoms with E-state index in [1.165, 1.54) is 12.1 Å². The Morgan fingerprint density at radius 2 is 1.93 bits per heavy atom. The van der Waals surface area contributed by atoms with Crippen molar-refractivity contribution in [3.63, 3.8) is 0 Å². The van der Waals surface area contributed by atoms with Crippen LogP contribution in [0, 0.1) is 18.6 Å². The van der Waals surface area contributed by atoms with Crippen molar-refractivity contribution in [1.82, 2.24) is 10.3 Å². The van der Waals surface area contributed by atoms with Gasteiger partial charge in [-0.3, -0.25) is 4.98 Å². The van der Waals surface area contributed by atoms with Gasteiger partial charge in [0.1, 0.15) is 11.6 Å². The van der Waals surface area contributed by atoms with Crippen molar-refractivity contribution in [2.75, 3.05) is 5.32 Å². The maximum Gasteiger partial charge on any atom is 0.319 e. The van der Waals surface area contributed by atoms with Gasteiger partial charge in [0.2, 0.25) is 0 Å².